The Morgan fingerprint density at radius 1 is 1.20 bits per heavy atom. The number of fused-ring (bicyclic) bond motifs is 1. The Balaban J connectivity index is 2.30. The van der Waals surface area contributed by atoms with Crippen LogP contribution in [0.5, 0.6) is 11.5 Å². The van der Waals surface area contributed by atoms with E-state index in [2.05, 4.69) is 0 Å². The van der Waals surface area contributed by atoms with Gasteiger partial charge in [-0.1, -0.05) is 12.1 Å². The highest BCUT2D eigenvalue weighted by Gasteiger charge is 2.31. The lowest BCUT2D eigenvalue weighted by Crippen LogP contribution is -2.29. The van der Waals surface area contributed by atoms with Gasteiger partial charge >= 0.3 is 0 Å². The molecule has 78 valence electrons. The molecule has 0 unspecified atom stereocenters. The van der Waals surface area contributed by atoms with Gasteiger partial charge in [-0.2, -0.15) is 0 Å². The molecule has 3 heteroatoms. The van der Waals surface area contributed by atoms with Crippen LogP contribution in [0.1, 0.15) is 19.4 Å². The van der Waals surface area contributed by atoms with Gasteiger partial charge in [0.2, 0.25) is 5.79 Å². The lowest BCUT2D eigenvalue weighted by molar-refractivity contribution is -0.104. The molecular weight excluding hydrogens is 192 g/mol. The summed E-state index contributed by atoms with van der Waals surface area (Å²) in [5.74, 6) is 0.853. The van der Waals surface area contributed by atoms with E-state index in [-0.39, 0.29) is 0 Å². The molecule has 1 aliphatic rings. The molecule has 0 radical (unpaired) electrons. The molecule has 3 nitrogen and oxygen atoms in total. The van der Waals surface area contributed by atoms with E-state index in [0.29, 0.717) is 5.75 Å². The van der Waals surface area contributed by atoms with Crippen LogP contribution in [0.4, 0.5) is 0 Å². The normalized spacial score (nSPS) is 16.9. The van der Waals surface area contributed by atoms with Crippen molar-refractivity contribution in [2.75, 3.05) is 0 Å². The third-order valence-electron chi connectivity index (χ3n) is 2.05. The Labute approximate surface area is 88.3 Å². The molecule has 15 heavy (non-hydrogen) atoms. The van der Waals surface area contributed by atoms with E-state index < -0.39 is 5.79 Å². The van der Waals surface area contributed by atoms with Crippen molar-refractivity contribution in [2.45, 2.75) is 19.6 Å². The Morgan fingerprint density at radius 2 is 1.93 bits per heavy atom. The van der Waals surface area contributed by atoms with Gasteiger partial charge in [-0.25, -0.2) is 0 Å². The molecule has 1 aromatic carbocycles. The minimum Gasteiger partial charge on any atom is -0.449 e. The molecule has 0 spiro atoms. The minimum absolute atomic E-state index is 0.602. The first-order chi connectivity index (χ1) is 7.11. The van der Waals surface area contributed by atoms with Gasteiger partial charge in [0.25, 0.3) is 0 Å². The standard InChI is InChI=1S/C12H12O3/c1-12(2)14-10-6-5-9(4-3-7-13)8-11(10)15-12/h3-8H,1-2H3. The fraction of sp³-hybridized carbons (Fsp3) is 0.250. The topological polar surface area (TPSA) is 35.5 Å². The van der Waals surface area contributed by atoms with Gasteiger partial charge in [0.15, 0.2) is 11.5 Å². The Kier molecular flexibility index (Phi) is 2.23. The molecular formula is C12H12O3. The van der Waals surface area contributed by atoms with Crippen LogP contribution in [0.15, 0.2) is 24.3 Å². The number of benzene rings is 1. The molecule has 0 saturated carbocycles. The summed E-state index contributed by atoms with van der Waals surface area (Å²) in [7, 11) is 0. The number of rotatable bonds is 2. The second kappa shape index (κ2) is 3.42. The first-order valence-corrected chi connectivity index (χ1v) is 4.75. The third kappa shape index (κ3) is 2.01. The molecule has 0 saturated heterocycles. The molecule has 0 aromatic heterocycles. The van der Waals surface area contributed by atoms with Gasteiger partial charge < -0.3 is 9.47 Å². The van der Waals surface area contributed by atoms with Crippen LogP contribution in [0, 0.1) is 0 Å². The van der Waals surface area contributed by atoms with Crippen LogP contribution in [-0.4, -0.2) is 12.1 Å². The number of allylic oxidation sites excluding steroid dienone is 1. The summed E-state index contributed by atoms with van der Waals surface area (Å²) in [6.45, 7) is 3.71. The number of aldehydes is 1. The van der Waals surface area contributed by atoms with Crippen molar-refractivity contribution in [3.8, 4) is 11.5 Å². The van der Waals surface area contributed by atoms with Crippen molar-refractivity contribution >= 4 is 12.4 Å². The van der Waals surface area contributed by atoms with Crippen LogP contribution in [0.25, 0.3) is 6.08 Å². The van der Waals surface area contributed by atoms with E-state index in [4.69, 9.17) is 9.47 Å². The molecule has 0 atom stereocenters. The van der Waals surface area contributed by atoms with Crippen LogP contribution < -0.4 is 9.47 Å². The quantitative estimate of drug-likeness (QED) is 0.548. The Bertz CT molecular complexity index is 419. The highest BCUT2D eigenvalue weighted by molar-refractivity contribution is 5.74. The molecule has 0 bridgehead atoms. The van der Waals surface area contributed by atoms with Crippen LogP contribution in [0.3, 0.4) is 0 Å². The summed E-state index contributed by atoms with van der Waals surface area (Å²) >= 11 is 0. The van der Waals surface area contributed by atoms with Gasteiger partial charge in [-0.05, 0) is 23.8 Å². The molecule has 0 amide bonds. The summed E-state index contributed by atoms with van der Waals surface area (Å²) in [5.41, 5.74) is 0.919. The van der Waals surface area contributed by atoms with E-state index >= 15 is 0 Å². The largest absolute Gasteiger partial charge is 0.449 e. The fourth-order valence-electron chi connectivity index (χ4n) is 1.49. The number of hydrogen-bond acceptors (Lipinski definition) is 3. The third-order valence-corrected chi connectivity index (χ3v) is 2.05. The SMILES string of the molecule is CC1(C)Oc2ccc(C=CC=O)cc2O1. The molecule has 0 aliphatic carbocycles. The van der Waals surface area contributed by atoms with Crippen LogP contribution in [0.2, 0.25) is 0 Å². The maximum absolute atomic E-state index is 10.2. The monoisotopic (exact) mass is 204 g/mol. The van der Waals surface area contributed by atoms with E-state index in [0.717, 1.165) is 17.6 Å². The van der Waals surface area contributed by atoms with Crippen molar-refractivity contribution in [1.29, 1.82) is 0 Å². The highest BCUT2D eigenvalue weighted by Crippen LogP contribution is 2.39. The summed E-state index contributed by atoms with van der Waals surface area (Å²) in [5, 5.41) is 0. The van der Waals surface area contributed by atoms with E-state index in [1.54, 1.807) is 6.08 Å². The number of carbonyl (C=O) groups excluding carboxylic acids is 1. The predicted octanol–water partition coefficient (Wildman–Crippen LogP) is 2.41. The van der Waals surface area contributed by atoms with Gasteiger partial charge in [0.1, 0.15) is 6.29 Å². The van der Waals surface area contributed by atoms with Gasteiger partial charge in [0.05, 0.1) is 0 Å². The number of ether oxygens (including phenoxy) is 2. The first-order valence-electron chi connectivity index (χ1n) is 4.75. The fourth-order valence-corrected chi connectivity index (χ4v) is 1.49. The van der Waals surface area contributed by atoms with Crippen molar-refractivity contribution in [3.63, 3.8) is 0 Å². The van der Waals surface area contributed by atoms with Crippen molar-refractivity contribution in [1.82, 2.24) is 0 Å². The van der Waals surface area contributed by atoms with E-state index in [1.165, 1.54) is 6.08 Å². The lowest BCUT2D eigenvalue weighted by Gasteiger charge is -2.16. The summed E-state index contributed by atoms with van der Waals surface area (Å²) in [6, 6.07) is 5.57. The molecule has 0 fully saturated rings. The summed E-state index contributed by atoms with van der Waals surface area (Å²) in [4.78, 5) is 10.2. The van der Waals surface area contributed by atoms with Crippen LogP contribution in [-0.2, 0) is 4.79 Å². The smallest absolute Gasteiger partial charge is 0.246 e. The van der Waals surface area contributed by atoms with E-state index in [9.17, 15) is 4.79 Å². The van der Waals surface area contributed by atoms with Crippen molar-refractivity contribution in [2.24, 2.45) is 0 Å². The molecule has 1 aliphatic heterocycles. The van der Waals surface area contributed by atoms with Crippen molar-refractivity contribution in [3.05, 3.63) is 29.8 Å². The Hall–Kier alpha value is -1.77. The molecule has 1 heterocycles. The zero-order chi connectivity index (χ0) is 10.9. The minimum atomic E-state index is -0.602. The highest BCUT2D eigenvalue weighted by atomic mass is 16.7. The maximum atomic E-state index is 10.2. The zero-order valence-corrected chi connectivity index (χ0v) is 8.69. The maximum Gasteiger partial charge on any atom is 0.246 e. The van der Waals surface area contributed by atoms with Crippen LogP contribution >= 0.6 is 0 Å². The molecule has 1 aromatic rings. The average molecular weight is 204 g/mol. The molecule has 2 rings (SSSR count). The molecule has 0 N–H and O–H groups in total. The zero-order valence-electron chi connectivity index (χ0n) is 8.69. The van der Waals surface area contributed by atoms with Gasteiger partial charge in [0, 0.05) is 13.8 Å². The number of carbonyl (C=O) groups is 1. The van der Waals surface area contributed by atoms with Gasteiger partial charge in [-0.15, -0.1) is 0 Å². The second-order valence-electron chi connectivity index (χ2n) is 3.81. The predicted molar refractivity (Wildman–Crippen MR) is 56.9 cm³/mol. The van der Waals surface area contributed by atoms with Gasteiger partial charge in [-0.3, -0.25) is 4.79 Å². The average Bonchev–Trinajstić information content (AvgIpc) is 2.47. The van der Waals surface area contributed by atoms with E-state index in [1.807, 2.05) is 32.0 Å². The first kappa shape index (κ1) is 9.77. The lowest BCUT2D eigenvalue weighted by atomic mass is 10.2. The summed E-state index contributed by atoms with van der Waals surface area (Å²) < 4.78 is 11.1. The summed E-state index contributed by atoms with van der Waals surface area (Å²) in [6.07, 6.45) is 3.92. The Morgan fingerprint density at radius 3 is 2.67 bits per heavy atom. The number of hydrogen-bond donors (Lipinski definition) is 0. The second-order valence-corrected chi connectivity index (χ2v) is 3.81. The van der Waals surface area contributed by atoms with Crippen molar-refractivity contribution < 1.29 is 14.3 Å².